The number of nitrogens with two attached hydrogens (primary N) is 1. The van der Waals surface area contributed by atoms with Gasteiger partial charge in [-0.25, -0.2) is 28.2 Å². The number of aromatic nitrogens is 4. The summed E-state index contributed by atoms with van der Waals surface area (Å²) in [7, 11) is -2.99. The molecule has 1 saturated heterocycles. The second-order valence-corrected chi connectivity index (χ2v) is 13.7. The zero-order valence-corrected chi connectivity index (χ0v) is 24.7. The standard InChI is InChI=1S/C32H31N7O4S/c33-28-25(6-2-15-34-28)29-36-27-12-11-26(21-4-1-5-24(20-21)38-16-18-44(42,43)19-17-38)35-30(27)39(29)23-9-7-22(8-10-23)32(13-3-14-32)37-31(40)41/h1-2,4-12,15,20,37H,3,13-14,16-19H2,(H2,33,34)(H,40,41). The molecule has 2 aliphatic rings. The van der Waals surface area contributed by atoms with Crippen molar-refractivity contribution in [2.24, 2.45) is 0 Å². The Morgan fingerprint density at radius 1 is 0.932 bits per heavy atom. The molecule has 1 aliphatic heterocycles. The molecule has 3 aromatic heterocycles. The van der Waals surface area contributed by atoms with Gasteiger partial charge >= 0.3 is 6.09 Å². The summed E-state index contributed by atoms with van der Waals surface area (Å²) in [5.74, 6) is 1.23. The van der Waals surface area contributed by atoms with Gasteiger partial charge < -0.3 is 21.1 Å². The van der Waals surface area contributed by atoms with Crippen molar-refractivity contribution in [3.05, 3.63) is 84.6 Å². The number of amides is 1. The molecule has 12 heteroatoms. The average molecular weight is 610 g/mol. The van der Waals surface area contributed by atoms with Gasteiger partial charge in [0.25, 0.3) is 0 Å². The highest BCUT2D eigenvalue weighted by Crippen LogP contribution is 2.42. The number of hydrogen-bond acceptors (Lipinski definition) is 8. The lowest BCUT2D eigenvalue weighted by molar-refractivity contribution is 0.144. The Balaban J connectivity index is 1.32. The molecule has 1 aliphatic carbocycles. The van der Waals surface area contributed by atoms with Gasteiger partial charge in [-0.05, 0) is 73.4 Å². The van der Waals surface area contributed by atoms with Gasteiger partial charge in [0.05, 0.1) is 28.3 Å². The highest BCUT2D eigenvalue weighted by atomic mass is 32.2. The second-order valence-electron chi connectivity index (χ2n) is 11.3. The summed E-state index contributed by atoms with van der Waals surface area (Å²) < 4.78 is 25.9. The molecule has 0 atom stereocenters. The van der Waals surface area contributed by atoms with E-state index >= 15 is 0 Å². The van der Waals surface area contributed by atoms with Crippen LogP contribution in [0.2, 0.25) is 0 Å². The minimum Gasteiger partial charge on any atom is -0.465 e. The molecule has 2 fully saturated rings. The van der Waals surface area contributed by atoms with Crippen molar-refractivity contribution in [1.82, 2.24) is 24.8 Å². The molecule has 0 bridgehead atoms. The van der Waals surface area contributed by atoms with Crippen molar-refractivity contribution in [2.45, 2.75) is 24.8 Å². The van der Waals surface area contributed by atoms with Crippen molar-refractivity contribution in [3.63, 3.8) is 0 Å². The first-order valence-electron chi connectivity index (χ1n) is 14.5. The van der Waals surface area contributed by atoms with Crippen LogP contribution in [0.1, 0.15) is 24.8 Å². The molecular formula is C32H31N7O4S. The summed E-state index contributed by atoms with van der Waals surface area (Å²) in [4.78, 5) is 27.9. The van der Waals surface area contributed by atoms with E-state index in [0.717, 1.165) is 47.5 Å². The maximum absolute atomic E-state index is 12.0. The van der Waals surface area contributed by atoms with Crippen LogP contribution in [0, 0.1) is 0 Å². The number of carboxylic acid groups (broad SMARTS) is 1. The first kappa shape index (κ1) is 27.8. The molecular weight excluding hydrogens is 578 g/mol. The van der Waals surface area contributed by atoms with E-state index in [9.17, 15) is 18.3 Å². The second kappa shape index (κ2) is 10.6. The number of imidazole rings is 1. The monoisotopic (exact) mass is 609 g/mol. The van der Waals surface area contributed by atoms with Gasteiger partial charge in [-0.1, -0.05) is 24.3 Å². The maximum Gasteiger partial charge on any atom is 0.405 e. The molecule has 0 unspecified atom stereocenters. The largest absolute Gasteiger partial charge is 0.465 e. The van der Waals surface area contributed by atoms with Crippen LogP contribution in [0.4, 0.5) is 16.3 Å². The molecule has 7 rings (SSSR count). The first-order valence-corrected chi connectivity index (χ1v) is 16.3. The zero-order chi connectivity index (χ0) is 30.5. The number of benzene rings is 2. The fraction of sp³-hybridized carbons (Fsp3) is 0.250. The van der Waals surface area contributed by atoms with Gasteiger partial charge in [-0.3, -0.25) is 4.57 Å². The molecule has 44 heavy (non-hydrogen) atoms. The molecule has 1 amide bonds. The summed E-state index contributed by atoms with van der Waals surface area (Å²) in [5, 5.41) is 12.2. The maximum atomic E-state index is 12.0. The highest BCUT2D eigenvalue weighted by molar-refractivity contribution is 7.91. The predicted molar refractivity (Wildman–Crippen MR) is 170 cm³/mol. The van der Waals surface area contributed by atoms with E-state index in [1.165, 1.54) is 0 Å². The van der Waals surface area contributed by atoms with E-state index in [0.29, 0.717) is 41.5 Å². The number of nitrogens with zero attached hydrogens (tertiary/aromatic N) is 5. The SMILES string of the molecule is Nc1ncccc1-c1nc2ccc(-c3cccc(N4CCS(=O)(=O)CC4)c3)nc2n1-c1ccc(C2(NC(=O)O)CCC2)cc1. The number of nitrogen functional groups attached to an aromatic ring is 1. The van der Waals surface area contributed by atoms with Gasteiger partial charge in [0, 0.05) is 36.2 Å². The number of anilines is 2. The van der Waals surface area contributed by atoms with Gasteiger partial charge in [0.15, 0.2) is 21.3 Å². The van der Waals surface area contributed by atoms with Crippen LogP contribution < -0.4 is 16.0 Å². The summed E-state index contributed by atoms with van der Waals surface area (Å²) in [6.07, 6.45) is 3.07. The van der Waals surface area contributed by atoms with Crippen molar-refractivity contribution >= 4 is 38.6 Å². The van der Waals surface area contributed by atoms with Crippen LogP contribution in [0.3, 0.4) is 0 Å². The van der Waals surface area contributed by atoms with E-state index in [1.54, 1.807) is 6.20 Å². The molecule has 5 aromatic rings. The lowest BCUT2D eigenvalue weighted by atomic mass is 9.72. The van der Waals surface area contributed by atoms with E-state index in [2.05, 4.69) is 15.2 Å². The summed E-state index contributed by atoms with van der Waals surface area (Å²) >= 11 is 0. The Bertz CT molecular complexity index is 1990. The number of carbonyl (C=O) groups is 1. The number of pyridine rings is 2. The fourth-order valence-corrected chi connectivity index (χ4v) is 7.33. The van der Waals surface area contributed by atoms with Gasteiger partial charge in [0.1, 0.15) is 11.3 Å². The van der Waals surface area contributed by atoms with Crippen molar-refractivity contribution in [3.8, 4) is 28.3 Å². The molecule has 4 heterocycles. The van der Waals surface area contributed by atoms with Gasteiger partial charge in [-0.15, -0.1) is 0 Å². The highest BCUT2D eigenvalue weighted by Gasteiger charge is 2.40. The summed E-state index contributed by atoms with van der Waals surface area (Å²) in [6, 6.07) is 23.3. The normalized spacial score (nSPS) is 17.2. The average Bonchev–Trinajstić information content (AvgIpc) is 3.38. The van der Waals surface area contributed by atoms with Crippen molar-refractivity contribution in [2.75, 3.05) is 35.2 Å². The van der Waals surface area contributed by atoms with Crippen LogP contribution in [-0.2, 0) is 15.4 Å². The molecule has 11 nitrogen and oxygen atoms in total. The topological polar surface area (TPSA) is 156 Å². The summed E-state index contributed by atoms with van der Waals surface area (Å²) in [5.41, 5.74) is 12.0. The van der Waals surface area contributed by atoms with E-state index in [4.69, 9.17) is 15.7 Å². The number of sulfone groups is 1. The van der Waals surface area contributed by atoms with Crippen LogP contribution in [0.25, 0.3) is 39.5 Å². The molecule has 224 valence electrons. The molecule has 0 radical (unpaired) electrons. The van der Waals surface area contributed by atoms with Gasteiger partial charge in [-0.2, -0.15) is 0 Å². The van der Waals surface area contributed by atoms with E-state index < -0.39 is 21.5 Å². The van der Waals surface area contributed by atoms with Crippen LogP contribution in [0.5, 0.6) is 0 Å². The Morgan fingerprint density at radius 3 is 2.39 bits per heavy atom. The lowest BCUT2D eigenvalue weighted by Gasteiger charge is -2.42. The molecule has 0 spiro atoms. The van der Waals surface area contributed by atoms with Crippen LogP contribution in [0.15, 0.2) is 79.0 Å². The lowest BCUT2D eigenvalue weighted by Crippen LogP contribution is -2.50. The Labute approximate surface area is 254 Å². The third-order valence-electron chi connectivity index (χ3n) is 8.67. The Hall–Kier alpha value is -4.97. The van der Waals surface area contributed by atoms with Crippen LogP contribution >= 0.6 is 0 Å². The number of hydrogen-bond donors (Lipinski definition) is 3. The Morgan fingerprint density at radius 2 is 1.70 bits per heavy atom. The fourth-order valence-electron chi connectivity index (χ4n) is 6.13. The zero-order valence-electron chi connectivity index (χ0n) is 23.8. The number of nitrogens with one attached hydrogen (secondary N) is 1. The summed E-state index contributed by atoms with van der Waals surface area (Å²) in [6.45, 7) is 0.917. The quantitative estimate of drug-likeness (QED) is 0.250. The van der Waals surface area contributed by atoms with Crippen molar-refractivity contribution in [1.29, 1.82) is 0 Å². The number of rotatable bonds is 6. The smallest absolute Gasteiger partial charge is 0.405 e. The Kier molecular flexibility index (Phi) is 6.73. The third-order valence-corrected chi connectivity index (χ3v) is 10.3. The first-order chi connectivity index (χ1) is 21.2. The minimum absolute atomic E-state index is 0.146. The van der Waals surface area contributed by atoms with E-state index in [-0.39, 0.29) is 11.5 Å². The van der Waals surface area contributed by atoms with Crippen LogP contribution in [-0.4, -0.2) is 63.7 Å². The predicted octanol–water partition coefficient (Wildman–Crippen LogP) is 4.61. The van der Waals surface area contributed by atoms with Gasteiger partial charge in [0.2, 0.25) is 0 Å². The minimum atomic E-state index is -2.99. The van der Waals surface area contributed by atoms with Crippen molar-refractivity contribution < 1.29 is 18.3 Å². The molecule has 2 aromatic carbocycles. The number of fused-ring (bicyclic) bond motifs is 1. The van der Waals surface area contributed by atoms with E-state index in [1.807, 2.05) is 77.4 Å². The molecule has 1 saturated carbocycles. The molecule has 4 N–H and O–H groups in total. The third kappa shape index (κ3) is 5.00.